The van der Waals surface area contributed by atoms with Crippen molar-refractivity contribution in [2.45, 2.75) is 32.7 Å². The monoisotopic (exact) mass is 369 g/mol. The zero-order chi connectivity index (χ0) is 19.1. The Morgan fingerprint density at radius 1 is 1.26 bits per heavy atom. The number of carboxylic acids is 1. The summed E-state index contributed by atoms with van der Waals surface area (Å²) >= 11 is 0. The van der Waals surface area contributed by atoms with Crippen LogP contribution in [0, 0.1) is 5.82 Å². The SMILES string of the molecule is CCn1cc(C(=O)O)c(=O)c2c3ccc(N4CCCCC4)c(F)c3ncc21. The van der Waals surface area contributed by atoms with Gasteiger partial charge in [0.05, 0.1) is 22.8 Å². The Balaban J connectivity index is 2.04. The van der Waals surface area contributed by atoms with Crippen molar-refractivity contribution in [3.63, 3.8) is 0 Å². The Hall–Kier alpha value is -2.96. The van der Waals surface area contributed by atoms with Crippen LogP contribution in [-0.2, 0) is 6.54 Å². The van der Waals surface area contributed by atoms with E-state index in [4.69, 9.17) is 0 Å². The van der Waals surface area contributed by atoms with Gasteiger partial charge in [-0.15, -0.1) is 0 Å². The summed E-state index contributed by atoms with van der Waals surface area (Å²) in [6.45, 7) is 3.90. The fourth-order valence-corrected chi connectivity index (χ4v) is 3.88. The highest BCUT2D eigenvalue weighted by Gasteiger charge is 2.21. The lowest BCUT2D eigenvalue weighted by atomic mass is 10.0. The molecule has 1 N–H and O–H groups in total. The van der Waals surface area contributed by atoms with Crippen molar-refractivity contribution in [1.29, 1.82) is 0 Å². The minimum absolute atomic E-state index is 0.105. The van der Waals surface area contributed by atoms with Gasteiger partial charge in [0, 0.05) is 31.2 Å². The Morgan fingerprint density at radius 3 is 2.67 bits per heavy atom. The van der Waals surface area contributed by atoms with E-state index >= 15 is 4.39 Å². The third kappa shape index (κ3) is 2.74. The highest BCUT2D eigenvalue weighted by Crippen LogP contribution is 2.31. The first-order valence-electron chi connectivity index (χ1n) is 9.15. The molecule has 1 aliphatic rings. The van der Waals surface area contributed by atoms with Gasteiger partial charge in [0.2, 0.25) is 5.43 Å². The van der Waals surface area contributed by atoms with Crippen LogP contribution in [0.25, 0.3) is 21.8 Å². The van der Waals surface area contributed by atoms with Crippen LogP contribution in [-0.4, -0.2) is 33.7 Å². The summed E-state index contributed by atoms with van der Waals surface area (Å²) in [5, 5.41) is 9.92. The number of aryl methyl sites for hydroxylation is 1. The van der Waals surface area contributed by atoms with Crippen molar-refractivity contribution >= 4 is 33.5 Å². The van der Waals surface area contributed by atoms with E-state index in [0.29, 0.717) is 23.1 Å². The van der Waals surface area contributed by atoms with Gasteiger partial charge >= 0.3 is 5.97 Å². The van der Waals surface area contributed by atoms with Gasteiger partial charge in [0.25, 0.3) is 0 Å². The minimum atomic E-state index is -1.29. The Bertz CT molecular complexity index is 1120. The summed E-state index contributed by atoms with van der Waals surface area (Å²) in [5.41, 5.74) is 0.161. The molecule has 0 atom stereocenters. The number of rotatable bonds is 3. The summed E-state index contributed by atoms with van der Waals surface area (Å²) in [7, 11) is 0. The molecule has 0 aliphatic carbocycles. The van der Waals surface area contributed by atoms with Crippen molar-refractivity contribution in [3.05, 3.63) is 46.1 Å². The molecule has 7 heteroatoms. The molecule has 0 spiro atoms. The van der Waals surface area contributed by atoms with E-state index < -0.39 is 17.2 Å². The molecule has 0 radical (unpaired) electrons. The third-order valence-corrected chi connectivity index (χ3v) is 5.27. The van der Waals surface area contributed by atoms with Gasteiger partial charge in [-0.25, -0.2) is 9.18 Å². The Labute approximate surface area is 154 Å². The number of carboxylic acid groups (broad SMARTS) is 1. The molecular weight excluding hydrogens is 349 g/mol. The zero-order valence-corrected chi connectivity index (χ0v) is 15.0. The number of aromatic nitrogens is 2. The van der Waals surface area contributed by atoms with Gasteiger partial charge in [-0.2, -0.15) is 0 Å². The molecule has 1 fully saturated rings. The van der Waals surface area contributed by atoms with Crippen LogP contribution in [0.5, 0.6) is 0 Å². The van der Waals surface area contributed by atoms with Crippen molar-refractivity contribution in [3.8, 4) is 0 Å². The number of anilines is 1. The lowest BCUT2D eigenvalue weighted by Gasteiger charge is -2.29. The summed E-state index contributed by atoms with van der Waals surface area (Å²) in [5.74, 6) is -1.75. The Kier molecular flexibility index (Phi) is 4.30. The molecule has 0 amide bonds. The number of pyridine rings is 2. The lowest BCUT2D eigenvalue weighted by Crippen LogP contribution is -2.30. The largest absolute Gasteiger partial charge is 0.477 e. The minimum Gasteiger partial charge on any atom is -0.477 e. The quantitative estimate of drug-likeness (QED) is 0.716. The van der Waals surface area contributed by atoms with E-state index in [1.54, 1.807) is 16.7 Å². The molecular formula is C20H20FN3O3. The Morgan fingerprint density at radius 2 is 2.00 bits per heavy atom. The molecule has 0 saturated carbocycles. The number of hydrogen-bond acceptors (Lipinski definition) is 4. The van der Waals surface area contributed by atoms with Crippen molar-refractivity contribution in [2.24, 2.45) is 0 Å². The van der Waals surface area contributed by atoms with Crippen LogP contribution in [0.15, 0.2) is 29.3 Å². The van der Waals surface area contributed by atoms with Crippen LogP contribution >= 0.6 is 0 Å². The average Bonchev–Trinajstić information content (AvgIpc) is 2.68. The van der Waals surface area contributed by atoms with E-state index in [0.717, 1.165) is 32.4 Å². The number of carbonyl (C=O) groups is 1. The smallest absolute Gasteiger partial charge is 0.341 e. The number of fused-ring (bicyclic) bond motifs is 3. The number of hydrogen-bond donors (Lipinski definition) is 1. The van der Waals surface area contributed by atoms with E-state index in [1.807, 2.05) is 11.8 Å². The summed E-state index contributed by atoms with van der Waals surface area (Å²) in [4.78, 5) is 30.6. The highest BCUT2D eigenvalue weighted by molar-refractivity contribution is 6.07. The molecule has 3 aromatic rings. The predicted octanol–water partition coefficient (Wildman–Crippen LogP) is 3.40. The molecule has 1 aromatic carbocycles. The normalized spacial score (nSPS) is 14.8. The number of benzene rings is 1. The molecule has 3 heterocycles. The first kappa shape index (κ1) is 17.5. The van der Waals surface area contributed by atoms with Crippen LogP contribution in [0.3, 0.4) is 0 Å². The molecule has 140 valence electrons. The van der Waals surface area contributed by atoms with Crippen LogP contribution in [0.2, 0.25) is 0 Å². The third-order valence-electron chi connectivity index (χ3n) is 5.27. The van der Waals surface area contributed by atoms with Gasteiger partial charge in [-0.05, 0) is 38.3 Å². The standard InChI is InChI=1S/C20H20FN3O3/c1-2-23-11-13(20(26)27)19(25)16-12-6-7-14(24-8-4-3-5-9-24)17(21)18(12)22-10-15(16)23/h6-7,10-11H,2-5,8-9H2,1H3,(H,26,27). The number of halogens is 1. The maximum absolute atomic E-state index is 15.2. The molecule has 1 aliphatic heterocycles. The maximum Gasteiger partial charge on any atom is 0.341 e. The van der Waals surface area contributed by atoms with Gasteiger partial charge < -0.3 is 14.6 Å². The maximum atomic E-state index is 15.2. The highest BCUT2D eigenvalue weighted by atomic mass is 19.1. The first-order chi connectivity index (χ1) is 13.0. The molecule has 0 unspecified atom stereocenters. The van der Waals surface area contributed by atoms with Crippen LogP contribution in [0.4, 0.5) is 10.1 Å². The second-order valence-electron chi connectivity index (χ2n) is 6.82. The summed E-state index contributed by atoms with van der Waals surface area (Å²) in [6.07, 6.45) is 5.96. The van der Waals surface area contributed by atoms with Gasteiger partial charge in [-0.1, -0.05) is 0 Å². The summed E-state index contributed by atoms with van der Waals surface area (Å²) in [6, 6.07) is 3.36. The lowest BCUT2D eigenvalue weighted by molar-refractivity contribution is 0.0695. The molecule has 27 heavy (non-hydrogen) atoms. The fraction of sp³-hybridized carbons (Fsp3) is 0.350. The topological polar surface area (TPSA) is 75.4 Å². The fourth-order valence-electron chi connectivity index (χ4n) is 3.88. The second kappa shape index (κ2) is 6.64. The van der Waals surface area contributed by atoms with Crippen LogP contribution < -0.4 is 10.3 Å². The molecule has 0 bridgehead atoms. The van der Waals surface area contributed by atoms with Crippen molar-refractivity contribution in [2.75, 3.05) is 18.0 Å². The van der Waals surface area contributed by atoms with Crippen molar-refractivity contribution < 1.29 is 14.3 Å². The number of piperidine rings is 1. The first-order valence-corrected chi connectivity index (χ1v) is 9.15. The zero-order valence-electron chi connectivity index (χ0n) is 15.0. The van der Waals surface area contributed by atoms with Gasteiger partial charge in [0.15, 0.2) is 5.82 Å². The molecule has 2 aromatic heterocycles. The van der Waals surface area contributed by atoms with Gasteiger partial charge in [0.1, 0.15) is 11.1 Å². The number of nitrogens with zero attached hydrogens (tertiary/aromatic N) is 3. The molecule has 6 nitrogen and oxygen atoms in total. The van der Waals surface area contributed by atoms with E-state index in [-0.39, 0.29) is 16.5 Å². The molecule has 4 rings (SSSR count). The van der Waals surface area contributed by atoms with Crippen molar-refractivity contribution in [1.82, 2.24) is 9.55 Å². The van der Waals surface area contributed by atoms with E-state index in [9.17, 15) is 14.7 Å². The second-order valence-corrected chi connectivity index (χ2v) is 6.82. The van der Waals surface area contributed by atoms with E-state index in [1.165, 1.54) is 12.4 Å². The van der Waals surface area contributed by atoms with E-state index in [2.05, 4.69) is 4.98 Å². The molecule has 1 saturated heterocycles. The predicted molar refractivity (Wildman–Crippen MR) is 102 cm³/mol. The number of aromatic carboxylic acids is 1. The van der Waals surface area contributed by atoms with Crippen LogP contribution in [0.1, 0.15) is 36.5 Å². The summed E-state index contributed by atoms with van der Waals surface area (Å²) < 4.78 is 16.9. The average molecular weight is 369 g/mol. The van der Waals surface area contributed by atoms with Gasteiger partial charge in [-0.3, -0.25) is 9.78 Å².